The van der Waals surface area contributed by atoms with Crippen LogP contribution in [0.4, 0.5) is 5.69 Å². The maximum Gasteiger partial charge on any atom is 0.261 e. The molecule has 3 heterocycles. The number of aryl methyl sites for hydroxylation is 1. The van der Waals surface area contributed by atoms with Crippen molar-refractivity contribution in [1.29, 1.82) is 0 Å². The van der Waals surface area contributed by atoms with Gasteiger partial charge in [-0.2, -0.15) is 0 Å². The Bertz CT molecular complexity index is 1170. The zero-order valence-electron chi connectivity index (χ0n) is 19.6. The van der Waals surface area contributed by atoms with Gasteiger partial charge in [0.15, 0.2) is 6.10 Å². The largest absolute Gasteiger partial charge is 0.484 e. The van der Waals surface area contributed by atoms with E-state index in [1.54, 1.807) is 24.3 Å². The molecule has 4 atom stereocenters. The van der Waals surface area contributed by atoms with Gasteiger partial charge in [0.2, 0.25) is 0 Å². The predicted molar refractivity (Wildman–Crippen MR) is 130 cm³/mol. The van der Waals surface area contributed by atoms with Gasteiger partial charge in [-0.05, 0) is 37.6 Å². The molecular formula is C26H27ClN2O6. The van der Waals surface area contributed by atoms with E-state index >= 15 is 0 Å². The van der Waals surface area contributed by atoms with Gasteiger partial charge >= 0.3 is 0 Å². The first-order valence-electron chi connectivity index (χ1n) is 11.6. The van der Waals surface area contributed by atoms with E-state index < -0.39 is 18.3 Å². The van der Waals surface area contributed by atoms with E-state index in [0.717, 1.165) is 11.3 Å². The van der Waals surface area contributed by atoms with Crippen molar-refractivity contribution in [3.8, 4) is 5.75 Å². The van der Waals surface area contributed by atoms with E-state index in [1.165, 1.54) is 4.90 Å². The van der Waals surface area contributed by atoms with E-state index in [4.69, 9.17) is 25.8 Å². The molecule has 0 bridgehead atoms. The number of carbonyl (C=O) groups excluding carboxylic acids is 2. The molecule has 3 aliphatic rings. The lowest BCUT2D eigenvalue weighted by molar-refractivity contribution is 0.00865. The summed E-state index contributed by atoms with van der Waals surface area (Å²) in [7, 11) is 0. The number of aliphatic hydroxyl groups is 1. The number of likely N-dealkylation sites (N-methyl/N-ethyl adjacent to an activating group) is 1. The topological polar surface area (TPSA) is 88.5 Å². The molecule has 0 spiro atoms. The minimum absolute atomic E-state index is 0.0599. The van der Waals surface area contributed by atoms with Gasteiger partial charge in [0, 0.05) is 24.0 Å². The molecule has 2 amide bonds. The van der Waals surface area contributed by atoms with Gasteiger partial charge in [-0.25, -0.2) is 0 Å². The average Bonchev–Trinajstić information content (AvgIpc) is 3.48. The fraction of sp³-hybridized carbons (Fsp3) is 0.385. The van der Waals surface area contributed by atoms with Crippen LogP contribution in [0.25, 0.3) is 0 Å². The van der Waals surface area contributed by atoms with Crippen LogP contribution in [0.1, 0.15) is 33.2 Å². The van der Waals surface area contributed by atoms with Crippen LogP contribution >= 0.6 is 11.6 Å². The molecule has 0 aliphatic carbocycles. The molecule has 0 aromatic heterocycles. The van der Waals surface area contributed by atoms with Crippen molar-refractivity contribution in [3.05, 3.63) is 70.4 Å². The molecule has 184 valence electrons. The molecule has 2 saturated heterocycles. The molecule has 5 rings (SSSR count). The van der Waals surface area contributed by atoms with Gasteiger partial charge in [0.1, 0.15) is 24.1 Å². The molecule has 9 heteroatoms. The van der Waals surface area contributed by atoms with Gasteiger partial charge in [-0.1, -0.05) is 30.3 Å². The minimum atomic E-state index is -0.668. The summed E-state index contributed by atoms with van der Waals surface area (Å²) in [6.07, 6.45) is -1.84. The fourth-order valence-corrected chi connectivity index (χ4v) is 5.21. The normalized spacial score (nSPS) is 25.1. The molecule has 8 nitrogen and oxygen atoms in total. The highest BCUT2D eigenvalue weighted by Crippen LogP contribution is 2.38. The van der Waals surface area contributed by atoms with Crippen LogP contribution in [-0.4, -0.2) is 72.5 Å². The van der Waals surface area contributed by atoms with Crippen LogP contribution in [0.2, 0.25) is 5.02 Å². The molecule has 0 saturated carbocycles. The molecule has 0 radical (unpaired) electrons. The van der Waals surface area contributed by atoms with Crippen LogP contribution in [0.5, 0.6) is 5.75 Å². The Hall–Kier alpha value is -2.91. The minimum Gasteiger partial charge on any atom is -0.484 e. The number of ether oxygens (including phenoxy) is 3. The molecule has 2 fully saturated rings. The molecule has 0 unspecified atom stereocenters. The zero-order chi connectivity index (χ0) is 24.9. The van der Waals surface area contributed by atoms with Gasteiger partial charge < -0.3 is 24.2 Å². The van der Waals surface area contributed by atoms with Gasteiger partial charge in [-0.3, -0.25) is 14.5 Å². The third kappa shape index (κ3) is 4.10. The third-order valence-electron chi connectivity index (χ3n) is 6.72. The van der Waals surface area contributed by atoms with Crippen LogP contribution in [0, 0.1) is 6.92 Å². The number of anilines is 1. The average molecular weight is 499 g/mol. The Morgan fingerprint density at radius 1 is 1.17 bits per heavy atom. The maximum atomic E-state index is 12.8. The number of halogens is 1. The number of imide groups is 1. The molecule has 2 aromatic carbocycles. The molecular weight excluding hydrogens is 472 g/mol. The SMILES string of the molecule is C=C(CN1C(=O)c2ccccc2C1=O)N(CC)c1cc(O[C@H]2CO[C@H]3[C@@H]2OC[C@@H]3O)c(Cl)cc1C. The van der Waals surface area contributed by atoms with Gasteiger partial charge in [-0.15, -0.1) is 0 Å². The van der Waals surface area contributed by atoms with Crippen LogP contribution in [0.15, 0.2) is 48.7 Å². The number of hydrogen-bond donors (Lipinski definition) is 1. The highest BCUT2D eigenvalue weighted by Gasteiger charge is 2.48. The van der Waals surface area contributed by atoms with E-state index in [-0.39, 0.29) is 37.7 Å². The van der Waals surface area contributed by atoms with E-state index in [0.29, 0.717) is 34.1 Å². The van der Waals surface area contributed by atoms with Crippen molar-refractivity contribution in [2.24, 2.45) is 0 Å². The summed E-state index contributed by atoms with van der Waals surface area (Å²) in [6.45, 7) is 9.18. The summed E-state index contributed by atoms with van der Waals surface area (Å²) in [5.74, 6) is -0.193. The second-order valence-corrected chi connectivity index (χ2v) is 9.35. The number of benzene rings is 2. The third-order valence-corrected chi connectivity index (χ3v) is 7.01. The molecule has 3 aliphatic heterocycles. The lowest BCUT2D eigenvalue weighted by Crippen LogP contribution is -2.37. The fourth-order valence-electron chi connectivity index (χ4n) is 4.95. The van der Waals surface area contributed by atoms with E-state index in [9.17, 15) is 14.7 Å². The lowest BCUT2D eigenvalue weighted by Gasteiger charge is -2.30. The molecule has 35 heavy (non-hydrogen) atoms. The second kappa shape index (κ2) is 9.28. The number of fused-ring (bicyclic) bond motifs is 2. The summed E-state index contributed by atoms with van der Waals surface area (Å²) in [4.78, 5) is 28.8. The number of aliphatic hydroxyl groups excluding tert-OH is 1. The van der Waals surface area contributed by atoms with E-state index in [1.807, 2.05) is 30.9 Å². The van der Waals surface area contributed by atoms with Crippen LogP contribution < -0.4 is 9.64 Å². The van der Waals surface area contributed by atoms with Crippen molar-refractivity contribution in [1.82, 2.24) is 4.90 Å². The Labute approximate surface area is 208 Å². The standard InChI is InChI=1S/C26H27ClN2O6/c1-4-28(15(3)11-29-25(31)16-7-5-6-8-17(16)26(29)32)19-10-21(18(27)9-14(19)2)35-22-13-34-23-20(30)12-33-24(22)23/h5-10,20,22-24,30H,3-4,11-13H2,1-2H3/t20-,22-,23+,24+/m0/s1. The Balaban J connectivity index is 1.36. The number of rotatable bonds is 7. The number of hydrogen-bond acceptors (Lipinski definition) is 7. The first kappa shape index (κ1) is 23.8. The highest BCUT2D eigenvalue weighted by atomic mass is 35.5. The Kier molecular flexibility index (Phi) is 6.31. The predicted octanol–water partition coefficient (Wildman–Crippen LogP) is 3.19. The van der Waals surface area contributed by atoms with Crippen molar-refractivity contribution in [3.63, 3.8) is 0 Å². The van der Waals surface area contributed by atoms with E-state index in [2.05, 4.69) is 6.58 Å². The Morgan fingerprint density at radius 3 is 2.49 bits per heavy atom. The monoisotopic (exact) mass is 498 g/mol. The molecule has 1 N–H and O–H groups in total. The first-order chi connectivity index (χ1) is 16.8. The van der Waals surface area contributed by atoms with Gasteiger partial charge in [0.25, 0.3) is 11.8 Å². The smallest absolute Gasteiger partial charge is 0.261 e. The van der Waals surface area contributed by atoms with Crippen molar-refractivity contribution in [2.75, 3.05) is 31.2 Å². The summed E-state index contributed by atoms with van der Waals surface area (Å²) >= 11 is 6.51. The number of carbonyl (C=O) groups is 2. The summed E-state index contributed by atoms with van der Waals surface area (Å²) < 4.78 is 17.5. The van der Waals surface area contributed by atoms with Crippen molar-refractivity contribution in [2.45, 2.75) is 38.3 Å². The van der Waals surface area contributed by atoms with Crippen molar-refractivity contribution >= 4 is 29.1 Å². The molecule has 2 aromatic rings. The summed E-state index contributed by atoms with van der Waals surface area (Å²) in [5, 5.41) is 10.4. The quantitative estimate of drug-likeness (QED) is 0.586. The van der Waals surface area contributed by atoms with Crippen LogP contribution in [0.3, 0.4) is 0 Å². The number of nitrogens with zero attached hydrogens (tertiary/aromatic N) is 2. The maximum absolute atomic E-state index is 12.8. The first-order valence-corrected chi connectivity index (χ1v) is 12.0. The Morgan fingerprint density at radius 2 is 1.83 bits per heavy atom. The number of amides is 2. The zero-order valence-corrected chi connectivity index (χ0v) is 20.3. The van der Waals surface area contributed by atoms with Crippen molar-refractivity contribution < 1.29 is 28.9 Å². The lowest BCUT2D eigenvalue weighted by atomic mass is 10.1. The summed E-state index contributed by atoms with van der Waals surface area (Å²) in [5.41, 5.74) is 3.09. The van der Waals surface area contributed by atoms with Crippen LogP contribution in [-0.2, 0) is 9.47 Å². The summed E-state index contributed by atoms with van der Waals surface area (Å²) in [6, 6.07) is 10.4. The highest BCUT2D eigenvalue weighted by molar-refractivity contribution is 6.32. The van der Waals surface area contributed by atoms with Gasteiger partial charge in [0.05, 0.1) is 35.9 Å². The second-order valence-electron chi connectivity index (χ2n) is 8.94.